The minimum absolute atomic E-state index is 0.0102. The average molecular weight is 404 g/mol. The Bertz CT molecular complexity index is 1150. The van der Waals surface area contributed by atoms with Gasteiger partial charge in [-0.1, -0.05) is 35.9 Å². The summed E-state index contributed by atoms with van der Waals surface area (Å²) in [4.78, 5) is 24.6. The van der Waals surface area contributed by atoms with Gasteiger partial charge >= 0.3 is 5.97 Å². The Morgan fingerprint density at radius 1 is 1.20 bits per heavy atom. The zero-order chi connectivity index (χ0) is 21.3. The molecule has 2 heterocycles. The first kappa shape index (κ1) is 19.3. The van der Waals surface area contributed by atoms with Crippen molar-refractivity contribution in [2.45, 2.75) is 13.0 Å². The number of rotatable bonds is 5. The molecule has 0 saturated heterocycles. The smallest absolute Gasteiger partial charge is 0.352 e. The fourth-order valence-corrected chi connectivity index (χ4v) is 3.29. The minimum atomic E-state index is -1.11. The van der Waals surface area contributed by atoms with Gasteiger partial charge in [-0.25, -0.2) is 9.48 Å². The number of carboxylic acid groups (broad SMARTS) is 1. The number of amides is 1. The molecule has 1 aromatic heterocycles. The molecule has 8 heteroatoms. The van der Waals surface area contributed by atoms with Crippen molar-refractivity contribution in [3.8, 4) is 5.75 Å². The number of hydrogen-bond acceptors (Lipinski definition) is 5. The lowest BCUT2D eigenvalue weighted by molar-refractivity contribution is -0.132. The number of aromatic nitrogens is 2. The number of carbonyl (C=O) groups is 2. The van der Waals surface area contributed by atoms with Gasteiger partial charge in [-0.05, 0) is 30.7 Å². The molecule has 0 bridgehead atoms. The molecule has 2 aromatic carbocycles. The number of ether oxygens (including phenoxy) is 1. The van der Waals surface area contributed by atoms with Crippen molar-refractivity contribution in [2.75, 3.05) is 17.7 Å². The number of carboxylic acids is 1. The van der Waals surface area contributed by atoms with Crippen molar-refractivity contribution in [3.63, 3.8) is 0 Å². The van der Waals surface area contributed by atoms with E-state index in [4.69, 9.17) is 4.74 Å². The average Bonchev–Trinajstić information content (AvgIpc) is 3.18. The molecule has 1 atom stereocenters. The molecule has 1 amide bonds. The topological polar surface area (TPSA) is 105 Å². The number of benzene rings is 2. The van der Waals surface area contributed by atoms with Gasteiger partial charge in [0.25, 0.3) is 5.91 Å². The van der Waals surface area contributed by atoms with Crippen LogP contribution in [0, 0.1) is 6.92 Å². The molecule has 152 valence electrons. The van der Waals surface area contributed by atoms with E-state index in [1.54, 1.807) is 42.1 Å². The van der Waals surface area contributed by atoms with E-state index in [-0.39, 0.29) is 11.3 Å². The first-order valence-electron chi connectivity index (χ1n) is 9.28. The van der Waals surface area contributed by atoms with Crippen LogP contribution in [0.2, 0.25) is 0 Å². The standard InChI is InChI=1S/C22H20N4O4/c1-13-6-8-14(9-7-13)19-11-18(22(28)29)25-20-17(12-23-26(19)20)21(27)24-15-4-3-5-16(10-15)30-2/h3-12,19,25H,1-2H3,(H,24,27)(H,28,29)/t19-/m1/s1. The van der Waals surface area contributed by atoms with Crippen LogP contribution in [-0.4, -0.2) is 33.9 Å². The number of methoxy groups -OCH3 is 1. The maximum Gasteiger partial charge on any atom is 0.352 e. The van der Waals surface area contributed by atoms with Gasteiger partial charge < -0.3 is 20.5 Å². The lowest BCUT2D eigenvalue weighted by atomic mass is 10.0. The third-order valence-corrected chi connectivity index (χ3v) is 4.86. The highest BCUT2D eigenvalue weighted by Gasteiger charge is 2.29. The molecule has 3 aromatic rings. The lowest BCUT2D eigenvalue weighted by Crippen LogP contribution is -2.25. The molecule has 0 aliphatic carbocycles. The third-order valence-electron chi connectivity index (χ3n) is 4.86. The van der Waals surface area contributed by atoms with E-state index in [9.17, 15) is 14.7 Å². The summed E-state index contributed by atoms with van der Waals surface area (Å²) < 4.78 is 6.79. The number of aryl methyl sites for hydroxylation is 1. The van der Waals surface area contributed by atoms with Gasteiger partial charge in [-0.15, -0.1) is 0 Å². The summed E-state index contributed by atoms with van der Waals surface area (Å²) in [5.41, 5.74) is 2.74. The van der Waals surface area contributed by atoms with Crippen molar-refractivity contribution in [2.24, 2.45) is 0 Å². The van der Waals surface area contributed by atoms with Crippen LogP contribution in [0.25, 0.3) is 0 Å². The Kier molecular flexibility index (Phi) is 4.97. The number of nitrogens with zero attached hydrogens (tertiary/aromatic N) is 2. The van der Waals surface area contributed by atoms with Crippen LogP contribution in [0.15, 0.2) is 66.5 Å². The summed E-state index contributed by atoms with van der Waals surface area (Å²) in [7, 11) is 1.55. The van der Waals surface area contributed by atoms with Crippen molar-refractivity contribution in [3.05, 3.63) is 83.2 Å². The van der Waals surface area contributed by atoms with Crippen molar-refractivity contribution >= 4 is 23.4 Å². The fraction of sp³-hybridized carbons (Fsp3) is 0.136. The Balaban J connectivity index is 1.70. The summed E-state index contributed by atoms with van der Waals surface area (Å²) in [5.74, 6) is -0.593. The number of aliphatic carboxylic acids is 1. The molecular weight excluding hydrogens is 384 g/mol. The van der Waals surface area contributed by atoms with Crippen LogP contribution in [0.1, 0.15) is 27.5 Å². The summed E-state index contributed by atoms with van der Waals surface area (Å²) in [6.07, 6.45) is 3.01. The normalized spacial score (nSPS) is 14.9. The van der Waals surface area contributed by atoms with E-state index in [1.807, 2.05) is 31.2 Å². The Morgan fingerprint density at radius 3 is 2.67 bits per heavy atom. The largest absolute Gasteiger partial charge is 0.497 e. The molecule has 0 saturated carbocycles. The van der Waals surface area contributed by atoms with Crippen molar-refractivity contribution < 1.29 is 19.4 Å². The van der Waals surface area contributed by atoms with Crippen LogP contribution >= 0.6 is 0 Å². The number of nitrogens with one attached hydrogen (secondary N) is 2. The maximum absolute atomic E-state index is 12.9. The lowest BCUT2D eigenvalue weighted by Gasteiger charge is -2.24. The predicted molar refractivity (Wildman–Crippen MR) is 112 cm³/mol. The molecule has 1 aliphatic heterocycles. The van der Waals surface area contributed by atoms with E-state index in [1.165, 1.54) is 6.20 Å². The molecule has 30 heavy (non-hydrogen) atoms. The van der Waals surface area contributed by atoms with E-state index >= 15 is 0 Å². The molecule has 0 radical (unpaired) electrons. The first-order chi connectivity index (χ1) is 14.5. The summed E-state index contributed by atoms with van der Waals surface area (Å²) in [5, 5.41) is 19.5. The second-order valence-corrected chi connectivity index (χ2v) is 6.90. The van der Waals surface area contributed by atoms with E-state index in [0.717, 1.165) is 11.1 Å². The van der Waals surface area contributed by atoms with Crippen LogP contribution in [-0.2, 0) is 4.79 Å². The monoisotopic (exact) mass is 404 g/mol. The van der Waals surface area contributed by atoms with Gasteiger partial charge in [0.15, 0.2) is 0 Å². The van der Waals surface area contributed by atoms with Crippen LogP contribution in [0.3, 0.4) is 0 Å². The highest BCUT2D eigenvalue weighted by Crippen LogP contribution is 2.32. The Hall–Kier alpha value is -4.07. The van der Waals surface area contributed by atoms with Gasteiger partial charge in [0.1, 0.15) is 22.8 Å². The molecular formula is C22H20N4O4. The number of fused-ring (bicyclic) bond motifs is 1. The number of hydrogen-bond donors (Lipinski definition) is 3. The highest BCUT2D eigenvalue weighted by molar-refractivity contribution is 6.08. The van der Waals surface area contributed by atoms with Gasteiger partial charge in [0, 0.05) is 11.8 Å². The van der Waals surface area contributed by atoms with Gasteiger partial charge in [-0.3, -0.25) is 4.79 Å². The molecule has 0 spiro atoms. The summed E-state index contributed by atoms with van der Waals surface area (Å²) >= 11 is 0. The van der Waals surface area contributed by atoms with Gasteiger partial charge in [0.05, 0.1) is 19.3 Å². The Labute approximate surface area is 172 Å². The molecule has 1 aliphatic rings. The van der Waals surface area contributed by atoms with Crippen molar-refractivity contribution in [1.82, 2.24) is 9.78 Å². The number of carbonyl (C=O) groups excluding carboxylic acids is 1. The Morgan fingerprint density at radius 2 is 1.97 bits per heavy atom. The van der Waals surface area contributed by atoms with Gasteiger partial charge in [0.2, 0.25) is 0 Å². The second-order valence-electron chi connectivity index (χ2n) is 6.90. The zero-order valence-corrected chi connectivity index (χ0v) is 16.4. The third kappa shape index (κ3) is 3.62. The molecule has 3 N–H and O–H groups in total. The first-order valence-corrected chi connectivity index (χ1v) is 9.28. The van der Waals surface area contributed by atoms with Crippen LogP contribution in [0.5, 0.6) is 5.75 Å². The van der Waals surface area contributed by atoms with Crippen molar-refractivity contribution in [1.29, 1.82) is 0 Å². The fourth-order valence-electron chi connectivity index (χ4n) is 3.29. The van der Waals surface area contributed by atoms with Gasteiger partial charge in [-0.2, -0.15) is 5.10 Å². The highest BCUT2D eigenvalue weighted by atomic mass is 16.5. The van der Waals surface area contributed by atoms with E-state index < -0.39 is 17.9 Å². The van der Waals surface area contributed by atoms with E-state index in [0.29, 0.717) is 17.3 Å². The summed E-state index contributed by atoms with van der Waals surface area (Å²) in [6.45, 7) is 1.98. The quantitative estimate of drug-likeness (QED) is 0.602. The minimum Gasteiger partial charge on any atom is -0.497 e. The molecule has 0 unspecified atom stereocenters. The second kappa shape index (κ2) is 7.75. The summed E-state index contributed by atoms with van der Waals surface area (Å²) in [6, 6.07) is 14.3. The van der Waals surface area contributed by atoms with Crippen LogP contribution in [0.4, 0.5) is 11.5 Å². The molecule has 8 nitrogen and oxygen atoms in total. The van der Waals surface area contributed by atoms with E-state index in [2.05, 4.69) is 15.7 Å². The van der Waals surface area contributed by atoms with Crippen LogP contribution < -0.4 is 15.4 Å². The molecule has 0 fully saturated rings. The number of anilines is 2. The predicted octanol–water partition coefficient (Wildman–Crippen LogP) is 3.44. The SMILES string of the molecule is COc1cccc(NC(=O)c2cnn3c2NC(C(=O)O)=C[C@@H]3c2ccc(C)cc2)c1. The molecule has 4 rings (SSSR count). The maximum atomic E-state index is 12.9. The number of allylic oxidation sites excluding steroid dienone is 1. The zero-order valence-electron chi connectivity index (χ0n) is 16.4.